The monoisotopic (exact) mass is 553 g/mol. The van der Waals surface area contributed by atoms with Crippen LogP contribution in [0.2, 0.25) is 0 Å². The van der Waals surface area contributed by atoms with Crippen molar-refractivity contribution in [2.75, 3.05) is 16.8 Å². The normalized spacial score (nSPS) is 17.4. The van der Waals surface area contributed by atoms with E-state index in [9.17, 15) is 0 Å². The number of para-hydroxylation sites is 1. The van der Waals surface area contributed by atoms with Gasteiger partial charge in [0.15, 0.2) is 0 Å². The predicted molar refractivity (Wildman–Crippen MR) is 186 cm³/mol. The van der Waals surface area contributed by atoms with Crippen molar-refractivity contribution in [3.63, 3.8) is 0 Å². The maximum Gasteiger partial charge on any atom is 0.0533 e. The molecule has 0 saturated carbocycles. The molecule has 1 aliphatic carbocycles. The second-order valence-electron chi connectivity index (χ2n) is 10.6. The number of nitrogens with zero attached hydrogens (tertiary/aromatic N) is 2. The highest BCUT2D eigenvalue weighted by Gasteiger charge is 2.16. The molecule has 0 fully saturated rings. The van der Waals surface area contributed by atoms with Crippen molar-refractivity contribution >= 4 is 28.8 Å². The molecule has 1 aliphatic heterocycles. The predicted octanol–water partition coefficient (Wildman–Crippen LogP) is 10.6. The lowest BCUT2D eigenvalue weighted by Crippen LogP contribution is -2.12. The van der Waals surface area contributed by atoms with Crippen molar-refractivity contribution in [1.29, 1.82) is 0 Å². The summed E-state index contributed by atoms with van der Waals surface area (Å²) in [5, 5.41) is 3.70. The third-order valence-corrected chi connectivity index (χ3v) is 7.12. The molecular weight excluding hydrogens is 510 g/mol. The maximum atomic E-state index is 4.83. The number of benzene rings is 2. The van der Waals surface area contributed by atoms with Gasteiger partial charge in [0.2, 0.25) is 0 Å². The highest BCUT2D eigenvalue weighted by Crippen LogP contribution is 2.36. The lowest BCUT2D eigenvalue weighted by Gasteiger charge is -2.26. The van der Waals surface area contributed by atoms with E-state index in [0.717, 1.165) is 64.4 Å². The molecule has 1 heterocycles. The highest BCUT2D eigenvalue weighted by molar-refractivity contribution is 5.89. The van der Waals surface area contributed by atoms with Crippen LogP contribution in [0.3, 0.4) is 0 Å². The van der Waals surface area contributed by atoms with Gasteiger partial charge in [0.25, 0.3) is 0 Å². The molecule has 3 nitrogen and oxygen atoms in total. The molecular formula is C39H43N3. The van der Waals surface area contributed by atoms with Crippen molar-refractivity contribution in [3.05, 3.63) is 157 Å². The van der Waals surface area contributed by atoms with Gasteiger partial charge < -0.3 is 10.2 Å². The molecule has 0 radical (unpaired) electrons. The lowest BCUT2D eigenvalue weighted by atomic mass is 10.0. The van der Waals surface area contributed by atoms with E-state index in [1.807, 2.05) is 37.4 Å². The van der Waals surface area contributed by atoms with E-state index in [2.05, 4.69) is 128 Å². The topological polar surface area (TPSA) is 27.6 Å². The molecule has 0 bridgehead atoms. The van der Waals surface area contributed by atoms with Crippen LogP contribution in [-0.2, 0) is 0 Å². The highest BCUT2D eigenvalue weighted by atomic mass is 15.1. The molecule has 2 aromatic rings. The number of hydrogen-bond acceptors (Lipinski definition) is 3. The Balaban J connectivity index is 1.72. The van der Waals surface area contributed by atoms with Gasteiger partial charge in [-0.3, -0.25) is 4.99 Å². The Labute approximate surface area is 252 Å². The molecule has 214 valence electrons. The first-order valence-corrected chi connectivity index (χ1v) is 14.9. The summed E-state index contributed by atoms with van der Waals surface area (Å²) >= 11 is 0. The second-order valence-corrected chi connectivity index (χ2v) is 10.6. The standard InChI is InChI=1S/C39H43N3/c1-6-8-10-17-30(3)28-40-29-33-25-34(41-38-22-16-21-36(38)31(4)18-11-9-7-2)27-35(26-33)42-24-15-14-19-32(5)37-20-12-13-23-39(37)42/h7,9-20,22-27,29-30,41H,4-6,8,21,28H2,1-3H3/b9-7-,17-10-,18-11-,19-14-,24-15-,40-29-. The van der Waals surface area contributed by atoms with Gasteiger partial charge in [-0.1, -0.05) is 106 Å². The number of nitrogens with one attached hydrogen (secondary N) is 1. The summed E-state index contributed by atoms with van der Waals surface area (Å²) in [5.41, 5.74) is 9.52. The zero-order valence-corrected chi connectivity index (χ0v) is 25.3. The lowest BCUT2D eigenvalue weighted by molar-refractivity contribution is 0.738. The average Bonchev–Trinajstić information content (AvgIpc) is 3.44. The van der Waals surface area contributed by atoms with Crippen molar-refractivity contribution < 1.29 is 0 Å². The van der Waals surface area contributed by atoms with Crippen LogP contribution in [0, 0.1) is 5.92 Å². The third-order valence-electron chi connectivity index (χ3n) is 7.12. The van der Waals surface area contributed by atoms with Crippen LogP contribution in [0.4, 0.5) is 17.1 Å². The van der Waals surface area contributed by atoms with Crippen LogP contribution in [0.15, 0.2) is 150 Å². The van der Waals surface area contributed by atoms with Gasteiger partial charge in [0.05, 0.1) is 5.69 Å². The molecule has 0 saturated heterocycles. The summed E-state index contributed by atoms with van der Waals surface area (Å²) in [6, 6.07) is 15.0. The van der Waals surface area contributed by atoms with Crippen molar-refractivity contribution in [3.8, 4) is 0 Å². The van der Waals surface area contributed by atoms with E-state index in [0.29, 0.717) is 5.92 Å². The fourth-order valence-electron chi connectivity index (χ4n) is 4.92. The molecule has 2 aromatic carbocycles. The first kappa shape index (κ1) is 30.3. The smallest absolute Gasteiger partial charge is 0.0533 e. The number of anilines is 3. The number of unbranched alkanes of at least 4 members (excludes halogenated alkanes) is 1. The molecule has 0 amide bonds. The number of rotatable bonds is 12. The SMILES string of the molecule is C=C(/C=C\C=C/C)C1=C(Nc2cc(/C=N\CC(C)/C=C\CCC)cc(N3/C=C\C=C/C(=C)c4ccccc43)c2)C=CC1. The van der Waals surface area contributed by atoms with Gasteiger partial charge in [-0.15, -0.1) is 0 Å². The Kier molecular flexibility index (Phi) is 11.1. The van der Waals surface area contributed by atoms with Gasteiger partial charge in [0, 0.05) is 41.6 Å². The third kappa shape index (κ3) is 8.20. The molecule has 1 N–H and O–H groups in total. The fraction of sp³-hybridized carbons (Fsp3) is 0.205. The maximum absolute atomic E-state index is 4.83. The molecule has 0 spiro atoms. The van der Waals surface area contributed by atoms with E-state index in [1.165, 1.54) is 12.0 Å². The molecule has 1 unspecified atom stereocenters. The molecule has 3 heteroatoms. The molecule has 0 aromatic heterocycles. The van der Waals surface area contributed by atoms with Crippen LogP contribution in [0.25, 0.3) is 5.57 Å². The average molecular weight is 554 g/mol. The van der Waals surface area contributed by atoms with Crippen LogP contribution >= 0.6 is 0 Å². The summed E-state index contributed by atoms with van der Waals surface area (Å²) in [7, 11) is 0. The van der Waals surface area contributed by atoms with Crippen molar-refractivity contribution in [1.82, 2.24) is 0 Å². The van der Waals surface area contributed by atoms with Gasteiger partial charge in [-0.2, -0.15) is 0 Å². The summed E-state index contributed by atoms with van der Waals surface area (Å²) in [4.78, 5) is 7.06. The molecule has 1 atom stereocenters. The minimum absolute atomic E-state index is 0.397. The number of fused-ring (bicyclic) bond motifs is 1. The molecule has 4 rings (SSSR count). The zero-order chi connectivity index (χ0) is 29.7. The van der Waals surface area contributed by atoms with E-state index in [4.69, 9.17) is 4.99 Å². The first-order valence-electron chi connectivity index (χ1n) is 14.9. The Morgan fingerprint density at radius 2 is 1.98 bits per heavy atom. The largest absolute Gasteiger partial charge is 0.355 e. The Bertz CT molecular complexity index is 1520. The van der Waals surface area contributed by atoms with Crippen molar-refractivity contribution in [2.45, 2.75) is 40.0 Å². The first-order chi connectivity index (χ1) is 20.5. The number of hydrogen-bond donors (Lipinski definition) is 1. The Hall–Kier alpha value is -4.63. The van der Waals surface area contributed by atoms with Gasteiger partial charge >= 0.3 is 0 Å². The van der Waals surface area contributed by atoms with Crippen LogP contribution in [0.1, 0.15) is 51.2 Å². The van der Waals surface area contributed by atoms with Gasteiger partial charge in [0.1, 0.15) is 0 Å². The Morgan fingerprint density at radius 1 is 1.12 bits per heavy atom. The van der Waals surface area contributed by atoms with E-state index >= 15 is 0 Å². The second kappa shape index (κ2) is 15.4. The van der Waals surface area contributed by atoms with E-state index in [1.54, 1.807) is 0 Å². The molecule has 42 heavy (non-hydrogen) atoms. The van der Waals surface area contributed by atoms with Crippen molar-refractivity contribution in [2.24, 2.45) is 10.9 Å². The summed E-state index contributed by atoms with van der Waals surface area (Å²) < 4.78 is 0. The zero-order valence-electron chi connectivity index (χ0n) is 25.3. The summed E-state index contributed by atoms with van der Waals surface area (Å²) in [6.45, 7) is 15.8. The van der Waals surface area contributed by atoms with Gasteiger partial charge in [-0.05, 0) is 84.4 Å². The van der Waals surface area contributed by atoms with Crippen LogP contribution in [-0.4, -0.2) is 12.8 Å². The fourth-order valence-corrected chi connectivity index (χ4v) is 4.92. The summed E-state index contributed by atoms with van der Waals surface area (Å²) in [5.74, 6) is 0.397. The van der Waals surface area contributed by atoms with Gasteiger partial charge in [-0.25, -0.2) is 0 Å². The quantitative estimate of drug-likeness (QED) is 0.161. The Morgan fingerprint density at radius 3 is 2.81 bits per heavy atom. The number of aliphatic imine (C=N–C) groups is 1. The minimum Gasteiger partial charge on any atom is -0.355 e. The van der Waals surface area contributed by atoms with Crippen LogP contribution < -0.4 is 10.2 Å². The molecule has 2 aliphatic rings. The number of allylic oxidation sites excluding steroid dienone is 13. The minimum atomic E-state index is 0.397. The summed E-state index contributed by atoms with van der Waals surface area (Å²) in [6.07, 6.45) is 30.4. The van der Waals surface area contributed by atoms with E-state index in [-0.39, 0.29) is 0 Å². The van der Waals surface area contributed by atoms with E-state index < -0.39 is 0 Å². The van der Waals surface area contributed by atoms with Crippen LogP contribution in [0.5, 0.6) is 0 Å².